The lowest BCUT2D eigenvalue weighted by atomic mass is 10.1. The minimum atomic E-state index is -4.60. The first-order valence-electron chi connectivity index (χ1n) is 12.4. The highest BCUT2D eigenvalue weighted by Crippen LogP contribution is 2.39. The molecule has 3 amide bonds. The fourth-order valence-corrected chi connectivity index (χ4v) is 4.62. The van der Waals surface area contributed by atoms with Gasteiger partial charge in [0, 0.05) is 13.1 Å². The molecule has 15 heteroatoms. The molecule has 2 aromatic heterocycles. The molecule has 210 valence electrons. The molecule has 0 aromatic carbocycles. The third-order valence-electron chi connectivity index (χ3n) is 6.57. The number of fused-ring (bicyclic) bond motifs is 4. The van der Waals surface area contributed by atoms with Gasteiger partial charge in [0.1, 0.15) is 24.4 Å². The van der Waals surface area contributed by atoms with E-state index in [1.807, 2.05) is 10.2 Å². The lowest BCUT2D eigenvalue weighted by Gasteiger charge is -2.35. The molecule has 2 aromatic rings. The monoisotopic (exact) mass is 551 g/mol. The molecule has 12 nitrogen and oxygen atoms in total. The van der Waals surface area contributed by atoms with Gasteiger partial charge >= 0.3 is 12.2 Å². The number of hydrogen-bond acceptors (Lipinski definition) is 9. The molecule has 0 saturated carbocycles. The van der Waals surface area contributed by atoms with E-state index in [-0.39, 0.29) is 42.0 Å². The highest BCUT2D eigenvalue weighted by atomic mass is 19.4. The summed E-state index contributed by atoms with van der Waals surface area (Å²) >= 11 is 0. The van der Waals surface area contributed by atoms with Crippen LogP contribution in [0, 0.1) is 0 Å². The molecule has 0 spiro atoms. The molecule has 0 aliphatic carbocycles. The van der Waals surface area contributed by atoms with Crippen LogP contribution in [-0.2, 0) is 9.47 Å². The van der Waals surface area contributed by atoms with Gasteiger partial charge in [0.05, 0.1) is 30.7 Å². The molecule has 5 rings (SSSR count). The van der Waals surface area contributed by atoms with Crippen LogP contribution in [0.15, 0.2) is 24.5 Å². The van der Waals surface area contributed by atoms with Crippen LogP contribution in [0.5, 0.6) is 5.88 Å². The number of carbonyl (C=O) groups is 2. The van der Waals surface area contributed by atoms with E-state index in [4.69, 9.17) is 14.2 Å². The maximum Gasteiger partial charge on any atom is 0.408 e. The number of rotatable bonds is 6. The minimum Gasteiger partial charge on any atom is -0.474 e. The molecular weight excluding hydrogens is 523 g/mol. The Morgan fingerprint density at radius 1 is 1.26 bits per heavy atom. The molecule has 2 saturated heterocycles. The lowest BCUT2D eigenvalue weighted by molar-refractivity contribution is -0.149. The zero-order valence-corrected chi connectivity index (χ0v) is 21.5. The molecule has 3 atom stereocenters. The Morgan fingerprint density at radius 2 is 2.05 bits per heavy atom. The number of carbonyl (C=O) groups excluding carboxylic acids is 2. The molecule has 3 aliphatic rings. The number of halogens is 3. The SMILES string of the molecule is CC(NC(=O)c1ccc2c(n1)N(C(=O)Nc1cncc(OCC3COC(C)(C)O3)n1)[C@H]1CCN2C1)C(F)(F)F. The Labute approximate surface area is 221 Å². The van der Waals surface area contributed by atoms with E-state index in [1.165, 1.54) is 23.4 Å². The molecule has 2 N–H and O–H groups in total. The van der Waals surface area contributed by atoms with Crippen molar-refractivity contribution in [3.05, 3.63) is 30.2 Å². The Kier molecular flexibility index (Phi) is 6.97. The number of hydrogen-bond donors (Lipinski definition) is 2. The van der Waals surface area contributed by atoms with Crippen molar-refractivity contribution in [3.63, 3.8) is 0 Å². The van der Waals surface area contributed by atoms with Gasteiger partial charge in [0.25, 0.3) is 5.91 Å². The third-order valence-corrected chi connectivity index (χ3v) is 6.57. The van der Waals surface area contributed by atoms with Crippen LogP contribution in [0.1, 0.15) is 37.7 Å². The Bertz CT molecular complexity index is 1260. The van der Waals surface area contributed by atoms with Crippen molar-refractivity contribution < 1.29 is 37.0 Å². The van der Waals surface area contributed by atoms with E-state index in [9.17, 15) is 22.8 Å². The van der Waals surface area contributed by atoms with E-state index >= 15 is 0 Å². The molecule has 2 fully saturated rings. The fourth-order valence-electron chi connectivity index (χ4n) is 4.62. The van der Waals surface area contributed by atoms with Gasteiger partial charge < -0.3 is 24.4 Å². The van der Waals surface area contributed by atoms with Gasteiger partial charge in [-0.05, 0) is 39.3 Å². The van der Waals surface area contributed by atoms with E-state index in [1.54, 1.807) is 19.9 Å². The largest absolute Gasteiger partial charge is 0.474 e. The standard InChI is InChI=1S/C24H28F3N7O5/c1-13(24(25,26)27)29-21(35)16-4-5-17-20(30-16)34(14-6-7-33(17)10-14)22(36)32-18-8-28-9-19(31-18)37-11-15-12-38-23(2,3)39-15/h4-5,8-9,13-15H,6-7,10-12H2,1-3H3,(H,29,35)(H,31,32,36)/t13?,14-,15?/m0/s1. The molecule has 5 heterocycles. The summed E-state index contributed by atoms with van der Waals surface area (Å²) in [6.45, 7) is 6.20. The average molecular weight is 552 g/mol. The summed E-state index contributed by atoms with van der Waals surface area (Å²) in [6, 6.07) is 0.0413. The van der Waals surface area contributed by atoms with Gasteiger partial charge in [-0.2, -0.15) is 18.2 Å². The van der Waals surface area contributed by atoms with E-state index < -0.39 is 29.9 Å². The first kappa shape index (κ1) is 26.9. The number of ether oxygens (including phenoxy) is 3. The zero-order chi connectivity index (χ0) is 27.9. The van der Waals surface area contributed by atoms with E-state index in [0.717, 1.165) is 6.92 Å². The summed E-state index contributed by atoms with van der Waals surface area (Å²) in [5.41, 5.74) is 0.367. The first-order valence-corrected chi connectivity index (χ1v) is 12.4. The first-order chi connectivity index (χ1) is 18.4. The predicted octanol–water partition coefficient (Wildman–Crippen LogP) is 2.71. The van der Waals surface area contributed by atoms with Crippen molar-refractivity contribution in [1.29, 1.82) is 0 Å². The van der Waals surface area contributed by atoms with Crippen molar-refractivity contribution in [1.82, 2.24) is 20.3 Å². The van der Waals surface area contributed by atoms with Gasteiger partial charge in [-0.3, -0.25) is 20.0 Å². The van der Waals surface area contributed by atoms with Crippen LogP contribution >= 0.6 is 0 Å². The molecular formula is C24H28F3N7O5. The van der Waals surface area contributed by atoms with Gasteiger partial charge in [-0.25, -0.2) is 9.78 Å². The van der Waals surface area contributed by atoms with Gasteiger partial charge in [0.15, 0.2) is 17.4 Å². The normalized spacial score (nSPS) is 22.3. The molecule has 2 bridgehead atoms. The number of nitrogens with zero attached hydrogens (tertiary/aromatic N) is 5. The predicted molar refractivity (Wildman–Crippen MR) is 132 cm³/mol. The number of anilines is 3. The van der Waals surface area contributed by atoms with Crippen LogP contribution in [0.3, 0.4) is 0 Å². The summed E-state index contributed by atoms with van der Waals surface area (Å²) in [7, 11) is 0. The number of pyridine rings is 1. The number of alkyl halides is 3. The Hall–Kier alpha value is -3.72. The topological polar surface area (TPSA) is 131 Å². The average Bonchev–Trinajstić information content (AvgIpc) is 3.45. The molecule has 39 heavy (non-hydrogen) atoms. The van der Waals surface area contributed by atoms with Gasteiger partial charge in [-0.1, -0.05) is 0 Å². The summed E-state index contributed by atoms with van der Waals surface area (Å²) in [5, 5.41) is 4.59. The lowest BCUT2D eigenvalue weighted by Crippen LogP contribution is -2.49. The molecule has 0 radical (unpaired) electrons. The highest BCUT2D eigenvalue weighted by molar-refractivity contribution is 6.05. The number of urea groups is 1. The van der Waals surface area contributed by atoms with E-state index in [2.05, 4.69) is 20.3 Å². The summed E-state index contributed by atoms with van der Waals surface area (Å²) < 4.78 is 55.7. The van der Waals surface area contributed by atoms with Crippen molar-refractivity contribution >= 4 is 29.3 Å². The summed E-state index contributed by atoms with van der Waals surface area (Å²) in [6.07, 6.45) is -1.49. The minimum absolute atomic E-state index is 0.122. The Balaban J connectivity index is 1.31. The number of nitrogens with one attached hydrogen (secondary N) is 2. The van der Waals surface area contributed by atoms with E-state index in [0.29, 0.717) is 31.8 Å². The smallest absolute Gasteiger partial charge is 0.408 e. The molecule has 3 aliphatic heterocycles. The second-order valence-electron chi connectivity index (χ2n) is 9.97. The van der Waals surface area contributed by atoms with Crippen LogP contribution in [-0.4, -0.2) is 83.3 Å². The van der Waals surface area contributed by atoms with Crippen LogP contribution < -0.4 is 25.2 Å². The van der Waals surface area contributed by atoms with Gasteiger partial charge in [0.2, 0.25) is 5.88 Å². The van der Waals surface area contributed by atoms with Crippen LogP contribution in [0.2, 0.25) is 0 Å². The van der Waals surface area contributed by atoms with Gasteiger partial charge in [-0.15, -0.1) is 0 Å². The van der Waals surface area contributed by atoms with Crippen molar-refractivity contribution in [2.75, 3.05) is 41.4 Å². The van der Waals surface area contributed by atoms with Crippen molar-refractivity contribution in [3.8, 4) is 5.88 Å². The van der Waals surface area contributed by atoms with Crippen molar-refractivity contribution in [2.24, 2.45) is 0 Å². The fraction of sp³-hybridized carbons (Fsp3) is 0.542. The summed E-state index contributed by atoms with van der Waals surface area (Å²) in [4.78, 5) is 42.0. The second kappa shape index (κ2) is 10.1. The van der Waals surface area contributed by atoms with Crippen molar-refractivity contribution in [2.45, 2.75) is 57.3 Å². The van der Waals surface area contributed by atoms with Crippen LogP contribution in [0.4, 0.5) is 35.3 Å². The zero-order valence-electron chi connectivity index (χ0n) is 21.5. The number of amides is 3. The highest BCUT2D eigenvalue weighted by Gasteiger charge is 2.41. The summed E-state index contributed by atoms with van der Waals surface area (Å²) in [5.74, 6) is -1.22. The maximum absolute atomic E-state index is 13.4. The quantitative estimate of drug-likeness (QED) is 0.556. The third kappa shape index (κ3) is 5.83. The maximum atomic E-state index is 13.4. The van der Waals surface area contributed by atoms with Crippen LogP contribution in [0.25, 0.3) is 0 Å². The number of aromatic nitrogens is 3. The second-order valence-corrected chi connectivity index (χ2v) is 9.97. The molecule has 2 unspecified atom stereocenters. The Morgan fingerprint density at radius 3 is 2.77 bits per heavy atom.